The fourth-order valence-electron chi connectivity index (χ4n) is 1.06. The lowest BCUT2D eigenvalue weighted by molar-refractivity contribution is -0.121. The van der Waals surface area contributed by atoms with Crippen molar-refractivity contribution in [1.29, 1.82) is 0 Å². The van der Waals surface area contributed by atoms with Crippen molar-refractivity contribution in [3.8, 4) is 0 Å². The van der Waals surface area contributed by atoms with Gasteiger partial charge in [-0.3, -0.25) is 4.79 Å². The molecule has 6 heteroatoms. The lowest BCUT2D eigenvalue weighted by Gasteiger charge is -2.20. The second-order valence-corrected chi connectivity index (χ2v) is 4.72. The smallest absolute Gasteiger partial charge is 0.315 e. The Balaban J connectivity index is 3.56. The minimum atomic E-state index is -0.273. The van der Waals surface area contributed by atoms with Gasteiger partial charge in [0.1, 0.15) is 0 Å². The summed E-state index contributed by atoms with van der Waals surface area (Å²) in [5.41, 5.74) is -0.273. The maximum atomic E-state index is 11.3. The molecule has 3 N–H and O–H groups in total. The third-order valence-electron chi connectivity index (χ3n) is 1.75. The fourth-order valence-corrected chi connectivity index (χ4v) is 1.06. The Labute approximate surface area is 102 Å². The molecule has 0 atom stereocenters. The zero-order valence-corrected chi connectivity index (χ0v) is 11.1. The minimum absolute atomic E-state index is 0.0990. The summed E-state index contributed by atoms with van der Waals surface area (Å²) in [6.07, 6.45) is 0.265. The van der Waals surface area contributed by atoms with Crippen LogP contribution in [-0.2, 0) is 9.53 Å². The minimum Gasteiger partial charge on any atom is -0.383 e. The summed E-state index contributed by atoms with van der Waals surface area (Å²) < 4.78 is 4.80. The van der Waals surface area contributed by atoms with Crippen LogP contribution in [0.5, 0.6) is 0 Å². The van der Waals surface area contributed by atoms with Crippen LogP contribution in [0.1, 0.15) is 27.2 Å². The summed E-state index contributed by atoms with van der Waals surface area (Å²) in [6, 6.07) is -0.262. The summed E-state index contributed by atoms with van der Waals surface area (Å²) >= 11 is 0. The van der Waals surface area contributed by atoms with Crippen molar-refractivity contribution in [1.82, 2.24) is 16.0 Å². The van der Waals surface area contributed by atoms with Gasteiger partial charge in [0.15, 0.2) is 0 Å². The Bertz CT molecular complexity index is 249. The Morgan fingerprint density at radius 2 is 1.76 bits per heavy atom. The number of hydrogen-bond acceptors (Lipinski definition) is 3. The number of rotatable bonds is 6. The molecule has 3 amide bonds. The predicted molar refractivity (Wildman–Crippen MR) is 65.8 cm³/mol. The first kappa shape index (κ1) is 15.7. The van der Waals surface area contributed by atoms with Gasteiger partial charge in [0.25, 0.3) is 0 Å². The molecule has 0 fully saturated rings. The maximum Gasteiger partial charge on any atom is 0.315 e. The molecule has 0 bridgehead atoms. The summed E-state index contributed by atoms with van der Waals surface area (Å²) in [5, 5.41) is 8.03. The quantitative estimate of drug-likeness (QED) is 0.586. The molecule has 0 aliphatic carbocycles. The van der Waals surface area contributed by atoms with Gasteiger partial charge in [-0.15, -0.1) is 0 Å². The molecule has 0 unspecified atom stereocenters. The molecule has 0 saturated heterocycles. The molecule has 6 nitrogen and oxygen atoms in total. The third kappa shape index (κ3) is 11.0. The molecular formula is C11H23N3O3. The van der Waals surface area contributed by atoms with E-state index in [0.717, 1.165) is 0 Å². The Kier molecular flexibility index (Phi) is 7.29. The van der Waals surface area contributed by atoms with Gasteiger partial charge in [0, 0.05) is 32.2 Å². The van der Waals surface area contributed by atoms with Crippen molar-refractivity contribution in [2.45, 2.75) is 32.7 Å². The van der Waals surface area contributed by atoms with E-state index in [1.54, 1.807) is 7.11 Å². The van der Waals surface area contributed by atoms with E-state index < -0.39 is 0 Å². The zero-order valence-electron chi connectivity index (χ0n) is 11.1. The van der Waals surface area contributed by atoms with Gasteiger partial charge < -0.3 is 20.7 Å². The second-order valence-electron chi connectivity index (χ2n) is 4.72. The fraction of sp³-hybridized carbons (Fsp3) is 0.818. The van der Waals surface area contributed by atoms with Crippen LogP contribution in [0.25, 0.3) is 0 Å². The second kappa shape index (κ2) is 7.89. The van der Waals surface area contributed by atoms with Crippen LogP contribution in [0.15, 0.2) is 0 Å². The van der Waals surface area contributed by atoms with Gasteiger partial charge in [-0.25, -0.2) is 4.79 Å². The number of urea groups is 1. The van der Waals surface area contributed by atoms with Crippen molar-refractivity contribution in [3.63, 3.8) is 0 Å². The molecule has 0 saturated carbocycles. The van der Waals surface area contributed by atoms with E-state index in [1.807, 2.05) is 20.8 Å². The van der Waals surface area contributed by atoms with Crippen LogP contribution in [0, 0.1) is 0 Å². The van der Waals surface area contributed by atoms with Gasteiger partial charge in [0.2, 0.25) is 5.91 Å². The number of methoxy groups -OCH3 is 1. The van der Waals surface area contributed by atoms with Crippen LogP contribution < -0.4 is 16.0 Å². The molecule has 0 rings (SSSR count). The highest BCUT2D eigenvalue weighted by atomic mass is 16.5. The van der Waals surface area contributed by atoms with E-state index in [2.05, 4.69) is 16.0 Å². The first-order valence-corrected chi connectivity index (χ1v) is 5.67. The number of amides is 3. The molecule has 0 aliphatic rings. The van der Waals surface area contributed by atoms with E-state index in [-0.39, 0.29) is 23.9 Å². The van der Waals surface area contributed by atoms with Crippen molar-refractivity contribution in [3.05, 3.63) is 0 Å². The Morgan fingerprint density at radius 3 is 2.29 bits per heavy atom. The predicted octanol–water partition coefficient (Wildman–Crippen LogP) is 0.237. The van der Waals surface area contributed by atoms with E-state index >= 15 is 0 Å². The van der Waals surface area contributed by atoms with E-state index in [4.69, 9.17) is 4.74 Å². The number of hydrogen-bond donors (Lipinski definition) is 3. The lowest BCUT2D eigenvalue weighted by Crippen LogP contribution is -2.47. The molecule has 100 valence electrons. The molecule has 0 radical (unpaired) electrons. The van der Waals surface area contributed by atoms with Crippen LogP contribution in [-0.4, -0.2) is 44.3 Å². The molecule has 0 aromatic rings. The average Bonchev–Trinajstić information content (AvgIpc) is 2.15. The van der Waals surface area contributed by atoms with E-state index in [0.29, 0.717) is 19.7 Å². The number of nitrogens with one attached hydrogen (secondary N) is 3. The van der Waals surface area contributed by atoms with Crippen molar-refractivity contribution < 1.29 is 14.3 Å². The molecule has 0 aromatic carbocycles. The topological polar surface area (TPSA) is 79.5 Å². The van der Waals surface area contributed by atoms with Gasteiger partial charge in [-0.1, -0.05) is 0 Å². The summed E-state index contributed by atoms with van der Waals surface area (Å²) in [7, 11) is 1.57. The Hall–Kier alpha value is -1.30. The average molecular weight is 245 g/mol. The van der Waals surface area contributed by atoms with Crippen molar-refractivity contribution in [2.24, 2.45) is 0 Å². The zero-order chi connectivity index (χ0) is 13.3. The highest BCUT2D eigenvalue weighted by Crippen LogP contribution is 1.97. The van der Waals surface area contributed by atoms with Gasteiger partial charge >= 0.3 is 6.03 Å². The Morgan fingerprint density at radius 1 is 1.12 bits per heavy atom. The van der Waals surface area contributed by atoms with E-state index in [9.17, 15) is 9.59 Å². The van der Waals surface area contributed by atoms with Crippen LogP contribution in [0.2, 0.25) is 0 Å². The monoisotopic (exact) mass is 245 g/mol. The highest BCUT2D eigenvalue weighted by molar-refractivity contribution is 5.78. The van der Waals surface area contributed by atoms with Crippen molar-refractivity contribution in [2.75, 3.05) is 26.8 Å². The van der Waals surface area contributed by atoms with Crippen LogP contribution in [0.4, 0.5) is 4.79 Å². The van der Waals surface area contributed by atoms with Crippen LogP contribution in [0.3, 0.4) is 0 Å². The SMILES string of the molecule is COCCNC(=O)CCNC(=O)NC(C)(C)C. The molecule has 0 heterocycles. The molecule has 17 heavy (non-hydrogen) atoms. The first-order chi connectivity index (χ1) is 7.85. The molecule has 0 aliphatic heterocycles. The molecular weight excluding hydrogens is 222 g/mol. The van der Waals surface area contributed by atoms with E-state index in [1.165, 1.54) is 0 Å². The molecule has 0 aromatic heterocycles. The van der Waals surface area contributed by atoms with Gasteiger partial charge in [0.05, 0.1) is 6.61 Å². The van der Waals surface area contributed by atoms with Crippen LogP contribution >= 0.6 is 0 Å². The number of ether oxygens (including phenoxy) is 1. The normalized spacial score (nSPS) is 10.8. The van der Waals surface area contributed by atoms with Gasteiger partial charge in [-0.2, -0.15) is 0 Å². The standard InChI is InChI=1S/C11H23N3O3/c1-11(2,3)14-10(16)13-6-5-9(15)12-7-8-17-4/h5-8H2,1-4H3,(H,12,15)(H2,13,14,16). The van der Waals surface area contributed by atoms with Gasteiger partial charge in [-0.05, 0) is 20.8 Å². The highest BCUT2D eigenvalue weighted by Gasteiger charge is 2.13. The van der Waals surface area contributed by atoms with Crippen molar-refractivity contribution >= 4 is 11.9 Å². The number of carbonyl (C=O) groups is 2. The third-order valence-corrected chi connectivity index (χ3v) is 1.75. The summed E-state index contributed by atoms with van der Waals surface area (Å²) in [4.78, 5) is 22.6. The first-order valence-electron chi connectivity index (χ1n) is 5.67. The number of carbonyl (C=O) groups excluding carboxylic acids is 2. The summed E-state index contributed by atoms with van der Waals surface area (Å²) in [5.74, 6) is -0.0990. The lowest BCUT2D eigenvalue weighted by atomic mass is 10.1. The summed E-state index contributed by atoms with van der Waals surface area (Å²) in [6.45, 7) is 6.98. The molecule has 0 spiro atoms. The maximum absolute atomic E-state index is 11.3. The largest absolute Gasteiger partial charge is 0.383 e.